The molecular formula is C14H14ClNO3S. The predicted octanol–water partition coefficient (Wildman–Crippen LogP) is 4.19. The summed E-state index contributed by atoms with van der Waals surface area (Å²) in [7, 11) is 1.57. The van der Waals surface area contributed by atoms with Gasteiger partial charge in [-0.2, -0.15) is 0 Å². The Hall–Kier alpha value is -1.72. The van der Waals surface area contributed by atoms with Crippen LogP contribution in [0.15, 0.2) is 35.5 Å². The van der Waals surface area contributed by atoms with Crippen molar-refractivity contribution in [3.8, 4) is 11.5 Å². The van der Waals surface area contributed by atoms with Crippen molar-refractivity contribution in [2.45, 2.75) is 13.5 Å². The van der Waals surface area contributed by atoms with Crippen LogP contribution in [-0.4, -0.2) is 18.0 Å². The van der Waals surface area contributed by atoms with E-state index in [1.807, 2.05) is 18.2 Å². The highest BCUT2D eigenvalue weighted by Gasteiger charge is 2.08. The lowest BCUT2D eigenvalue weighted by molar-refractivity contribution is 0.287. The maximum atomic E-state index is 8.78. The van der Waals surface area contributed by atoms with E-state index in [2.05, 4.69) is 5.16 Å². The molecule has 1 aromatic carbocycles. The van der Waals surface area contributed by atoms with E-state index in [0.717, 1.165) is 14.8 Å². The Bertz CT molecular complexity index is 625. The first-order valence-corrected chi connectivity index (χ1v) is 7.07. The quantitative estimate of drug-likeness (QED) is 0.512. The number of benzene rings is 1. The van der Waals surface area contributed by atoms with Gasteiger partial charge < -0.3 is 14.7 Å². The second-order valence-corrected chi connectivity index (χ2v) is 5.85. The zero-order chi connectivity index (χ0) is 14.5. The third-order valence-electron chi connectivity index (χ3n) is 2.73. The fraction of sp³-hybridized carbons (Fsp3) is 0.214. The largest absolute Gasteiger partial charge is 0.493 e. The van der Waals surface area contributed by atoms with Crippen molar-refractivity contribution in [2.24, 2.45) is 5.16 Å². The van der Waals surface area contributed by atoms with Crippen LogP contribution in [0.4, 0.5) is 0 Å². The molecule has 106 valence electrons. The van der Waals surface area contributed by atoms with Gasteiger partial charge in [0.1, 0.15) is 6.61 Å². The minimum absolute atomic E-state index is 0.431. The smallest absolute Gasteiger partial charge is 0.161 e. The van der Waals surface area contributed by atoms with Crippen LogP contribution < -0.4 is 9.47 Å². The van der Waals surface area contributed by atoms with Gasteiger partial charge in [-0.15, -0.1) is 11.3 Å². The van der Waals surface area contributed by atoms with Crippen molar-refractivity contribution in [1.29, 1.82) is 0 Å². The minimum atomic E-state index is 0.431. The van der Waals surface area contributed by atoms with Gasteiger partial charge in [-0.1, -0.05) is 16.8 Å². The maximum Gasteiger partial charge on any atom is 0.161 e. The van der Waals surface area contributed by atoms with E-state index in [1.54, 1.807) is 26.2 Å². The van der Waals surface area contributed by atoms with Crippen molar-refractivity contribution in [3.05, 3.63) is 45.1 Å². The number of hydrogen-bond acceptors (Lipinski definition) is 5. The molecule has 2 rings (SSSR count). The zero-order valence-corrected chi connectivity index (χ0v) is 12.7. The molecule has 6 heteroatoms. The molecule has 0 aliphatic rings. The number of rotatable bonds is 5. The van der Waals surface area contributed by atoms with Gasteiger partial charge in [0.25, 0.3) is 0 Å². The van der Waals surface area contributed by atoms with Gasteiger partial charge >= 0.3 is 0 Å². The fourth-order valence-electron chi connectivity index (χ4n) is 1.65. The number of oxime groups is 1. The van der Waals surface area contributed by atoms with Crippen molar-refractivity contribution in [2.75, 3.05) is 7.11 Å². The van der Waals surface area contributed by atoms with Gasteiger partial charge in [-0.05, 0) is 37.3 Å². The zero-order valence-electron chi connectivity index (χ0n) is 11.1. The first-order chi connectivity index (χ1) is 9.63. The van der Waals surface area contributed by atoms with E-state index in [1.165, 1.54) is 11.3 Å². The monoisotopic (exact) mass is 311 g/mol. The molecule has 1 N–H and O–H groups in total. The number of nitrogens with zero attached hydrogens (tertiary/aromatic N) is 1. The van der Waals surface area contributed by atoms with Crippen LogP contribution in [0, 0.1) is 0 Å². The van der Waals surface area contributed by atoms with Crippen molar-refractivity contribution < 1.29 is 14.7 Å². The number of ether oxygens (including phenoxy) is 2. The summed E-state index contributed by atoms with van der Waals surface area (Å²) in [4.78, 5) is 1.04. The average molecular weight is 312 g/mol. The lowest BCUT2D eigenvalue weighted by Crippen LogP contribution is -1.99. The molecule has 0 radical (unpaired) electrons. The van der Waals surface area contributed by atoms with Crippen LogP contribution in [0.3, 0.4) is 0 Å². The molecule has 0 saturated heterocycles. The van der Waals surface area contributed by atoms with Crippen LogP contribution in [-0.2, 0) is 6.61 Å². The molecule has 20 heavy (non-hydrogen) atoms. The highest BCUT2D eigenvalue weighted by molar-refractivity contribution is 7.16. The Morgan fingerprint density at radius 3 is 2.70 bits per heavy atom. The molecule has 0 aliphatic heterocycles. The number of hydrogen-bond donors (Lipinski definition) is 1. The molecule has 2 aromatic rings. The molecule has 1 aromatic heterocycles. The summed E-state index contributed by atoms with van der Waals surface area (Å²) < 4.78 is 11.7. The van der Waals surface area contributed by atoms with Crippen molar-refractivity contribution in [1.82, 2.24) is 0 Å². The standard InChI is InChI=1S/C14H14ClNO3S/c1-9(16-17)10-3-5-12(13(7-10)18-2)19-8-11-4-6-14(15)20-11/h3-7,17H,8H2,1-2H3/b16-9+. The molecule has 0 spiro atoms. The van der Waals surface area contributed by atoms with E-state index in [-0.39, 0.29) is 0 Å². The second-order valence-electron chi connectivity index (χ2n) is 4.05. The molecule has 0 unspecified atom stereocenters. The van der Waals surface area contributed by atoms with Crippen LogP contribution in [0.2, 0.25) is 4.34 Å². The Balaban J connectivity index is 2.15. The highest BCUT2D eigenvalue weighted by Crippen LogP contribution is 2.30. The molecule has 0 fully saturated rings. The summed E-state index contributed by atoms with van der Waals surface area (Å²) >= 11 is 7.35. The van der Waals surface area contributed by atoms with Crippen LogP contribution in [0.5, 0.6) is 11.5 Å². The van der Waals surface area contributed by atoms with Crippen molar-refractivity contribution >= 4 is 28.6 Å². The molecule has 0 saturated carbocycles. The second kappa shape index (κ2) is 6.63. The predicted molar refractivity (Wildman–Crippen MR) is 80.7 cm³/mol. The van der Waals surface area contributed by atoms with Crippen LogP contribution >= 0.6 is 22.9 Å². The van der Waals surface area contributed by atoms with Gasteiger partial charge in [0.2, 0.25) is 0 Å². The highest BCUT2D eigenvalue weighted by atomic mass is 35.5. The molecule has 4 nitrogen and oxygen atoms in total. The Morgan fingerprint density at radius 2 is 2.10 bits per heavy atom. The number of methoxy groups -OCH3 is 1. The first kappa shape index (κ1) is 14.7. The Kier molecular flexibility index (Phi) is 4.87. The third-order valence-corrected chi connectivity index (χ3v) is 3.93. The normalized spacial score (nSPS) is 11.4. The Labute approximate surface area is 126 Å². The van der Waals surface area contributed by atoms with Gasteiger partial charge in [0.15, 0.2) is 11.5 Å². The molecular weight excluding hydrogens is 298 g/mol. The summed E-state index contributed by atoms with van der Waals surface area (Å²) in [5.41, 5.74) is 1.29. The van der Waals surface area contributed by atoms with E-state index >= 15 is 0 Å². The van der Waals surface area contributed by atoms with Gasteiger partial charge in [0, 0.05) is 10.4 Å². The van der Waals surface area contributed by atoms with E-state index < -0.39 is 0 Å². The van der Waals surface area contributed by atoms with E-state index in [9.17, 15) is 0 Å². The average Bonchev–Trinajstić information content (AvgIpc) is 2.89. The third kappa shape index (κ3) is 3.43. The minimum Gasteiger partial charge on any atom is -0.493 e. The molecule has 0 aliphatic carbocycles. The topological polar surface area (TPSA) is 51.0 Å². The lowest BCUT2D eigenvalue weighted by Gasteiger charge is -2.11. The van der Waals surface area contributed by atoms with Gasteiger partial charge in [0.05, 0.1) is 17.2 Å². The molecule has 0 amide bonds. The summed E-state index contributed by atoms with van der Waals surface area (Å²) in [5.74, 6) is 1.22. The number of halogens is 1. The SMILES string of the molecule is COc1cc(/C(C)=N/O)ccc1OCc1ccc(Cl)s1. The first-order valence-electron chi connectivity index (χ1n) is 5.88. The molecule has 0 bridgehead atoms. The summed E-state index contributed by atoms with van der Waals surface area (Å²) in [6, 6.07) is 9.14. The summed E-state index contributed by atoms with van der Waals surface area (Å²) in [6.45, 7) is 2.14. The lowest BCUT2D eigenvalue weighted by atomic mass is 10.1. The maximum absolute atomic E-state index is 8.78. The van der Waals surface area contributed by atoms with Crippen LogP contribution in [0.25, 0.3) is 0 Å². The van der Waals surface area contributed by atoms with Crippen molar-refractivity contribution in [3.63, 3.8) is 0 Å². The van der Waals surface area contributed by atoms with E-state index in [4.69, 9.17) is 26.3 Å². The van der Waals surface area contributed by atoms with Crippen LogP contribution in [0.1, 0.15) is 17.4 Å². The fourth-order valence-corrected chi connectivity index (χ4v) is 2.65. The Morgan fingerprint density at radius 1 is 1.30 bits per heavy atom. The summed E-state index contributed by atoms with van der Waals surface area (Å²) in [6.07, 6.45) is 0. The molecule has 0 atom stereocenters. The van der Waals surface area contributed by atoms with E-state index in [0.29, 0.717) is 23.8 Å². The number of thiophene rings is 1. The van der Waals surface area contributed by atoms with Gasteiger partial charge in [-0.3, -0.25) is 0 Å². The molecule has 1 heterocycles. The van der Waals surface area contributed by atoms with Gasteiger partial charge in [-0.25, -0.2) is 0 Å². The summed E-state index contributed by atoms with van der Waals surface area (Å²) in [5, 5.41) is 11.9.